The fraction of sp³-hybridized carbons (Fsp3) is 0.0769. The molecule has 2 aromatic rings. The summed E-state index contributed by atoms with van der Waals surface area (Å²) in [6, 6.07) is 9.15. The van der Waals surface area contributed by atoms with Gasteiger partial charge in [0.2, 0.25) is 0 Å². The average Bonchev–Trinajstić information content (AvgIpc) is 2.22. The van der Waals surface area contributed by atoms with E-state index in [1.54, 1.807) is 0 Å². The summed E-state index contributed by atoms with van der Waals surface area (Å²) in [5.74, 6) is -0.823. The second-order valence-corrected chi connectivity index (χ2v) is 4.77. The van der Waals surface area contributed by atoms with Gasteiger partial charge in [-0.05, 0) is 59.3 Å². The van der Waals surface area contributed by atoms with Crippen molar-refractivity contribution in [2.24, 2.45) is 0 Å². The van der Waals surface area contributed by atoms with E-state index in [-0.39, 0.29) is 0 Å². The van der Waals surface area contributed by atoms with Gasteiger partial charge in [0, 0.05) is 9.13 Å². The SMILES string of the molecule is Cc1ccc(-c2cc(F)ccc2F)c(I)c1. The molecule has 2 rings (SSSR count). The Morgan fingerprint density at radius 1 is 0.938 bits per heavy atom. The molecule has 0 aliphatic heterocycles. The average molecular weight is 330 g/mol. The van der Waals surface area contributed by atoms with E-state index in [4.69, 9.17) is 0 Å². The second kappa shape index (κ2) is 4.49. The number of aryl methyl sites for hydroxylation is 1. The van der Waals surface area contributed by atoms with Gasteiger partial charge in [0.05, 0.1) is 0 Å². The molecule has 0 nitrogen and oxygen atoms in total. The second-order valence-electron chi connectivity index (χ2n) is 3.61. The van der Waals surface area contributed by atoms with E-state index in [1.807, 2.05) is 25.1 Å². The van der Waals surface area contributed by atoms with Crippen molar-refractivity contribution in [3.8, 4) is 11.1 Å². The van der Waals surface area contributed by atoms with Gasteiger partial charge in [0.25, 0.3) is 0 Å². The van der Waals surface area contributed by atoms with E-state index in [0.717, 1.165) is 26.8 Å². The zero-order valence-electron chi connectivity index (χ0n) is 8.60. The van der Waals surface area contributed by atoms with Crippen LogP contribution in [0.3, 0.4) is 0 Å². The lowest BCUT2D eigenvalue weighted by molar-refractivity contribution is 0.603. The van der Waals surface area contributed by atoms with E-state index >= 15 is 0 Å². The molecule has 0 saturated heterocycles. The lowest BCUT2D eigenvalue weighted by atomic mass is 10.0. The third kappa shape index (κ3) is 2.24. The Morgan fingerprint density at radius 3 is 2.38 bits per heavy atom. The van der Waals surface area contributed by atoms with E-state index in [9.17, 15) is 8.78 Å². The third-order valence-electron chi connectivity index (χ3n) is 2.34. The summed E-state index contributed by atoms with van der Waals surface area (Å²) in [4.78, 5) is 0. The minimum Gasteiger partial charge on any atom is -0.207 e. The standard InChI is InChI=1S/C13H9F2I/c1-8-2-4-10(13(16)6-8)11-7-9(14)3-5-12(11)15/h2-7H,1H3. The van der Waals surface area contributed by atoms with Crippen molar-refractivity contribution >= 4 is 22.6 Å². The summed E-state index contributed by atoms with van der Waals surface area (Å²) in [5, 5.41) is 0. The van der Waals surface area contributed by atoms with Crippen LogP contribution in [0.25, 0.3) is 11.1 Å². The molecule has 0 amide bonds. The summed E-state index contributed by atoms with van der Waals surface area (Å²) < 4.78 is 27.6. The molecule has 0 aliphatic carbocycles. The minimum absolute atomic E-state index is 0.310. The highest BCUT2D eigenvalue weighted by molar-refractivity contribution is 14.1. The van der Waals surface area contributed by atoms with Crippen LogP contribution < -0.4 is 0 Å². The Labute approximate surface area is 106 Å². The molecule has 0 heterocycles. The lowest BCUT2D eigenvalue weighted by Gasteiger charge is -2.07. The van der Waals surface area contributed by atoms with Crippen LogP contribution in [0.2, 0.25) is 0 Å². The van der Waals surface area contributed by atoms with Crippen molar-refractivity contribution in [1.29, 1.82) is 0 Å². The van der Waals surface area contributed by atoms with Gasteiger partial charge in [-0.25, -0.2) is 8.78 Å². The van der Waals surface area contributed by atoms with Crippen molar-refractivity contribution in [2.45, 2.75) is 6.92 Å². The molecule has 0 aromatic heterocycles. The molecule has 0 unspecified atom stereocenters. The molecule has 0 atom stereocenters. The quantitative estimate of drug-likeness (QED) is 0.673. The normalized spacial score (nSPS) is 10.5. The van der Waals surface area contributed by atoms with Crippen LogP contribution in [-0.2, 0) is 0 Å². The first kappa shape index (κ1) is 11.5. The van der Waals surface area contributed by atoms with Gasteiger partial charge in [0.15, 0.2) is 0 Å². The smallest absolute Gasteiger partial charge is 0.131 e. The number of hydrogen-bond acceptors (Lipinski definition) is 0. The molecule has 0 aliphatic rings. The van der Waals surface area contributed by atoms with Crippen LogP contribution in [0.1, 0.15) is 5.56 Å². The molecule has 0 saturated carbocycles. The van der Waals surface area contributed by atoms with Crippen LogP contribution in [0.4, 0.5) is 8.78 Å². The zero-order chi connectivity index (χ0) is 11.7. The van der Waals surface area contributed by atoms with Gasteiger partial charge in [-0.2, -0.15) is 0 Å². The maximum absolute atomic E-state index is 13.6. The fourth-order valence-electron chi connectivity index (χ4n) is 1.54. The van der Waals surface area contributed by atoms with Gasteiger partial charge in [-0.15, -0.1) is 0 Å². The number of benzene rings is 2. The Kier molecular flexibility index (Phi) is 3.23. The predicted molar refractivity (Wildman–Crippen MR) is 69.2 cm³/mol. The first-order valence-electron chi connectivity index (χ1n) is 4.79. The van der Waals surface area contributed by atoms with Gasteiger partial charge < -0.3 is 0 Å². The van der Waals surface area contributed by atoms with E-state index in [0.29, 0.717) is 5.56 Å². The molecule has 0 bridgehead atoms. The molecule has 3 heteroatoms. The highest BCUT2D eigenvalue weighted by Crippen LogP contribution is 2.28. The number of halogens is 3. The van der Waals surface area contributed by atoms with Crippen LogP contribution in [0.5, 0.6) is 0 Å². The van der Waals surface area contributed by atoms with Crippen LogP contribution in [0, 0.1) is 22.1 Å². The van der Waals surface area contributed by atoms with Crippen LogP contribution in [-0.4, -0.2) is 0 Å². The predicted octanol–water partition coefficient (Wildman–Crippen LogP) is 4.54. The molecule has 0 radical (unpaired) electrons. The Bertz CT molecular complexity index is 535. The number of rotatable bonds is 1. The van der Waals surface area contributed by atoms with E-state index < -0.39 is 11.6 Å². The zero-order valence-corrected chi connectivity index (χ0v) is 10.8. The first-order chi connectivity index (χ1) is 7.58. The molecule has 0 fully saturated rings. The van der Waals surface area contributed by atoms with Crippen molar-refractivity contribution in [3.63, 3.8) is 0 Å². The van der Waals surface area contributed by atoms with Gasteiger partial charge in [-0.1, -0.05) is 17.7 Å². The van der Waals surface area contributed by atoms with Crippen LogP contribution in [0.15, 0.2) is 36.4 Å². The minimum atomic E-state index is -0.423. The molecule has 16 heavy (non-hydrogen) atoms. The highest BCUT2D eigenvalue weighted by Gasteiger charge is 2.09. The summed E-state index contributed by atoms with van der Waals surface area (Å²) in [6.07, 6.45) is 0. The topological polar surface area (TPSA) is 0 Å². The molecule has 0 spiro atoms. The Morgan fingerprint density at radius 2 is 1.69 bits per heavy atom. The number of hydrogen-bond donors (Lipinski definition) is 0. The van der Waals surface area contributed by atoms with E-state index in [2.05, 4.69) is 22.6 Å². The molecule has 0 N–H and O–H groups in total. The summed E-state index contributed by atoms with van der Waals surface area (Å²) >= 11 is 2.13. The van der Waals surface area contributed by atoms with Crippen molar-refractivity contribution in [3.05, 3.63) is 57.2 Å². The largest absolute Gasteiger partial charge is 0.207 e. The fourth-order valence-corrected chi connectivity index (χ4v) is 2.50. The Balaban J connectivity index is 2.62. The van der Waals surface area contributed by atoms with E-state index in [1.165, 1.54) is 6.07 Å². The molecular weight excluding hydrogens is 321 g/mol. The maximum Gasteiger partial charge on any atom is 0.131 e. The molecule has 82 valence electrons. The molecule has 2 aromatic carbocycles. The third-order valence-corrected chi connectivity index (χ3v) is 3.24. The van der Waals surface area contributed by atoms with Gasteiger partial charge in [-0.3, -0.25) is 0 Å². The lowest BCUT2D eigenvalue weighted by Crippen LogP contribution is -1.89. The van der Waals surface area contributed by atoms with Crippen LogP contribution >= 0.6 is 22.6 Å². The summed E-state index contributed by atoms with van der Waals surface area (Å²) in [6.45, 7) is 1.97. The summed E-state index contributed by atoms with van der Waals surface area (Å²) in [5.41, 5.74) is 2.14. The van der Waals surface area contributed by atoms with Crippen molar-refractivity contribution in [1.82, 2.24) is 0 Å². The van der Waals surface area contributed by atoms with Crippen molar-refractivity contribution in [2.75, 3.05) is 0 Å². The highest BCUT2D eigenvalue weighted by atomic mass is 127. The first-order valence-corrected chi connectivity index (χ1v) is 5.87. The van der Waals surface area contributed by atoms with Crippen molar-refractivity contribution < 1.29 is 8.78 Å². The Hall–Kier alpha value is -0.970. The maximum atomic E-state index is 13.6. The summed E-state index contributed by atoms with van der Waals surface area (Å²) in [7, 11) is 0. The molecular formula is C13H9F2I. The van der Waals surface area contributed by atoms with Gasteiger partial charge >= 0.3 is 0 Å². The van der Waals surface area contributed by atoms with Gasteiger partial charge in [0.1, 0.15) is 11.6 Å². The monoisotopic (exact) mass is 330 g/mol.